The highest BCUT2D eigenvalue weighted by Gasteiger charge is 2.49. The van der Waals surface area contributed by atoms with Crippen LogP contribution < -0.4 is 4.43 Å². The van der Waals surface area contributed by atoms with E-state index in [0.29, 0.717) is 5.56 Å². The van der Waals surface area contributed by atoms with Crippen molar-refractivity contribution >= 4 is 14.3 Å². The van der Waals surface area contributed by atoms with Gasteiger partial charge in [0.2, 0.25) is 5.78 Å². The molecule has 0 saturated heterocycles. The lowest BCUT2D eigenvalue weighted by molar-refractivity contribution is 0.0479. The molecule has 0 heterocycles. The van der Waals surface area contributed by atoms with E-state index >= 15 is 0 Å². The van der Waals surface area contributed by atoms with Crippen LogP contribution >= 0.6 is 0 Å². The normalized spacial score (nSPS) is 11.7. The van der Waals surface area contributed by atoms with Gasteiger partial charge in [-0.3, -0.25) is 4.79 Å². The molecule has 3 nitrogen and oxygen atoms in total. The standard InChI is InChI=1S/C28H26O3Si/c1-32(2,30-26-21-13-6-14-22-26)31-28(24-17-9-4-10-18-24,25-19-11-5-12-20-25)27(29)23-15-7-3-8-16-23/h3-22H,1-2H3. The Labute approximate surface area is 190 Å². The first-order chi connectivity index (χ1) is 15.5. The summed E-state index contributed by atoms with van der Waals surface area (Å²) in [5.41, 5.74) is 0.799. The topological polar surface area (TPSA) is 35.5 Å². The quantitative estimate of drug-likeness (QED) is 0.229. The highest BCUT2D eigenvalue weighted by Crippen LogP contribution is 2.40. The molecular weight excluding hydrogens is 412 g/mol. The summed E-state index contributed by atoms with van der Waals surface area (Å²) in [6.45, 7) is 3.94. The lowest BCUT2D eigenvalue weighted by Gasteiger charge is -2.39. The molecule has 0 amide bonds. The number of para-hydroxylation sites is 1. The van der Waals surface area contributed by atoms with Gasteiger partial charge in [-0.1, -0.05) is 109 Å². The highest BCUT2D eigenvalue weighted by molar-refractivity contribution is 6.65. The Balaban J connectivity index is 1.89. The molecule has 0 fully saturated rings. The second-order valence-electron chi connectivity index (χ2n) is 8.03. The van der Waals surface area contributed by atoms with Crippen molar-refractivity contribution in [2.75, 3.05) is 0 Å². The van der Waals surface area contributed by atoms with Gasteiger partial charge in [0, 0.05) is 5.56 Å². The second kappa shape index (κ2) is 9.35. The zero-order valence-electron chi connectivity index (χ0n) is 18.3. The fourth-order valence-electron chi connectivity index (χ4n) is 3.89. The number of rotatable bonds is 8. The highest BCUT2D eigenvalue weighted by atomic mass is 28.4. The monoisotopic (exact) mass is 438 g/mol. The van der Waals surface area contributed by atoms with Crippen LogP contribution in [0, 0.1) is 0 Å². The van der Waals surface area contributed by atoms with Gasteiger partial charge < -0.3 is 8.85 Å². The minimum absolute atomic E-state index is 0.118. The number of ketones is 1. The van der Waals surface area contributed by atoms with Gasteiger partial charge in [-0.05, 0) is 36.4 Å². The molecule has 0 N–H and O–H groups in total. The zero-order valence-corrected chi connectivity index (χ0v) is 19.3. The van der Waals surface area contributed by atoms with Crippen molar-refractivity contribution in [1.82, 2.24) is 0 Å². The van der Waals surface area contributed by atoms with Gasteiger partial charge >= 0.3 is 8.56 Å². The first-order valence-electron chi connectivity index (χ1n) is 10.7. The molecule has 0 aliphatic heterocycles. The maximum atomic E-state index is 14.2. The molecule has 0 spiro atoms. The Morgan fingerprint density at radius 2 is 1.03 bits per heavy atom. The van der Waals surface area contributed by atoms with E-state index < -0.39 is 14.2 Å². The summed E-state index contributed by atoms with van der Waals surface area (Å²) < 4.78 is 13.2. The number of carbonyl (C=O) groups excluding carboxylic acids is 1. The molecule has 32 heavy (non-hydrogen) atoms. The number of hydrogen-bond acceptors (Lipinski definition) is 3. The van der Waals surface area contributed by atoms with E-state index in [9.17, 15) is 4.79 Å². The van der Waals surface area contributed by atoms with E-state index in [1.807, 2.05) is 134 Å². The van der Waals surface area contributed by atoms with Crippen LogP contribution in [-0.4, -0.2) is 14.3 Å². The van der Waals surface area contributed by atoms with E-state index in [4.69, 9.17) is 8.85 Å². The predicted molar refractivity (Wildman–Crippen MR) is 130 cm³/mol. The summed E-state index contributed by atoms with van der Waals surface area (Å²) in [6.07, 6.45) is 0. The molecule has 4 aromatic carbocycles. The number of hydrogen-bond donors (Lipinski definition) is 0. The SMILES string of the molecule is C[Si](C)(Oc1ccccc1)OC(C(=O)c1ccccc1)(c1ccccc1)c1ccccc1. The van der Waals surface area contributed by atoms with Gasteiger partial charge in [-0.15, -0.1) is 0 Å². The Bertz CT molecular complexity index is 1100. The summed E-state index contributed by atoms with van der Waals surface area (Å²) >= 11 is 0. The molecule has 4 aromatic rings. The Morgan fingerprint density at radius 3 is 1.50 bits per heavy atom. The van der Waals surface area contributed by atoms with Crippen molar-refractivity contribution in [3.05, 3.63) is 138 Å². The van der Waals surface area contributed by atoms with Crippen LogP contribution in [0.1, 0.15) is 21.5 Å². The molecule has 4 rings (SSSR count). The molecule has 0 bridgehead atoms. The molecule has 0 aromatic heterocycles. The van der Waals surface area contributed by atoms with Gasteiger partial charge in [-0.2, -0.15) is 0 Å². The fourth-order valence-corrected chi connectivity index (χ4v) is 5.70. The van der Waals surface area contributed by atoms with Crippen molar-refractivity contribution in [3.8, 4) is 5.75 Å². The number of carbonyl (C=O) groups is 1. The van der Waals surface area contributed by atoms with Crippen molar-refractivity contribution in [3.63, 3.8) is 0 Å². The third kappa shape index (κ3) is 4.57. The van der Waals surface area contributed by atoms with E-state index in [1.165, 1.54) is 0 Å². The van der Waals surface area contributed by atoms with E-state index in [2.05, 4.69) is 0 Å². The first-order valence-corrected chi connectivity index (χ1v) is 13.5. The van der Waals surface area contributed by atoms with Gasteiger partial charge in [0.15, 0.2) is 5.60 Å². The molecule has 0 atom stereocenters. The van der Waals surface area contributed by atoms with Crippen LogP contribution in [0.25, 0.3) is 0 Å². The number of Topliss-reactive ketones (excluding diaryl/α,β-unsaturated/α-hetero) is 1. The average Bonchev–Trinajstić information content (AvgIpc) is 2.84. The van der Waals surface area contributed by atoms with Crippen LogP contribution in [0.15, 0.2) is 121 Å². The minimum Gasteiger partial charge on any atom is -0.520 e. The lowest BCUT2D eigenvalue weighted by Crippen LogP contribution is -2.51. The van der Waals surface area contributed by atoms with Crippen molar-refractivity contribution in [2.24, 2.45) is 0 Å². The maximum absolute atomic E-state index is 14.2. The van der Waals surface area contributed by atoms with Crippen molar-refractivity contribution in [1.29, 1.82) is 0 Å². The molecule has 0 radical (unpaired) electrons. The van der Waals surface area contributed by atoms with Crippen molar-refractivity contribution in [2.45, 2.75) is 18.7 Å². The smallest absolute Gasteiger partial charge is 0.393 e. The third-order valence-electron chi connectivity index (χ3n) is 5.22. The summed E-state index contributed by atoms with van der Waals surface area (Å²) in [5, 5.41) is 0. The van der Waals surface area contributed by atoms with Gasteiger partial charge in [-0.25, -0.2) is 0 Å². The number of benzene rings is 4. The van der Waals surface area contributed by atoms with Gasteiger partial charge in [0.05, 0.1) is 0 Å². The second-order valence-corrected chi connectivity index (χ2v) is 11.2. The van der Waals surface area contributed by atoms with Gasteiger partial charge in [0.1, 0.15) is 5.75 Å². The summed E-state index contributed by atoms with van der Waals surface area (Å²) in [5.74, 6) is 0.610. The predicted octanol–water partition coefficient (Wildman–Crippen LogP) is 6.61. The van der Waals surface area contributed by atoms with E-state index in [-0.39, 0.29) is 5.78 Å². The van der Waals surface area contributed by atoms with Crippen LogP contribution in [0.5, 0.6) is 5.75 Å². The zero-order chi connectivity index (χ0) is 22.4. The van der Waals surface area contributed by atoms with Crippen LogP contribution in [0.2, 0.25) is 13.1 Å². The lowest BCUT2D eigenvalue weighted by atomic mass is 9.80. The van der Waals surface area contributed by atoms with E-state index in [0.717, 1.165) is 16.9 Å². The molecule has 0 aliphatic rings. The van der Waals surface area contributed by atoms with Crippen molar-refractivity contribution < 1.29 is 13.6 Å². The molecule has 0 unspecified atom stereocenters. The molecule has 4 heteroatoms. The van der Waals surface area contributed by atoms with E-state index in [1.54, 1.807) is 0 Å². The summed E-state index contributed by atoms with van der Waals surface area (Å²) in [7, 11) is -2.86. The maximum Gasteiger partial charge on any atom is 0.393 e. The third-order valence-corrected chi connectivity index (χ3v) is 6.75. The Hall–Kier alpha value is -3.47. The van der Waals surface area contributed by atoms with Crippen LogP contribution in [0.3, 0.4) is 0 Å². The minimum atomic E-state index is -2.86. The molecule has 160 valence electrons. The molecule has 0 aliphatic carbocycles. The van der Waals surface area contributed by atoms with Crippen LogP contribution in [-0.2, 0) is 10.0 Å². The molecular formula is C28H26O3Si. The largest absolute Gasteiger partial charge is 0.520 e. The summed E-state index contributed by atoms with van der Waals surface area (Å²) in [4.78, 5) is 14.2. The summed E-state index contributed by atoms with van der Waals surface area (Å²) in [6, 6.07) is 38.3. The Morgan fingerprint density at radius 1 is 0.625 bits per heavy atom. The Kier molecular flexibility index (Phi) is 6.35. The first kappa shape index (κ1) is 21.7. The molecule has 0 saturated carbocycles. The van der Waals surface area contributed by atoms with Gasteiger partial charge in [0.25, 0.3) is 0 Å². The fraction of sp³-hybridized carbons (Fsp3) is 0.107. The van der Waals surface area contributed by atoms with Crippen LogP contribution in [0.4, 0.5) is 0 Å². The average molecular weight is 439 g/mol.